The normalized spacial score (nSPS) is 11.7. The van der Waals surface area contributed by atoms with Crippen LogP contribution in [0.25, 0.3) is 0 Å². The van der Waals surface area contributed by atoms with Crippen LogP contribution in [0.15, 0.2) is 23.1 Å². The van der Waals surface area contributed by atoms with Gasteiger partial charge in [-0.15, -0.1) is 0 Å². The van der Waals surface area contributed by atoms with Crippen molar-refractivity contribution in [1.82, 2.24) is 0 Å². The van der Waals surface area contributed by atoms with E-state index in [1.54, 1.807) is 0 Å². The summed E-state index contributed by atoms with van der Waals surface area (Å²) in [6.45, 7) is -1.51. The first kappa shape index (κ1) is 17.2. The molecule has 21 heavy (non-hydrogen) atoms. The monoisotopic (exact) mass is 324 g/mol. The van der Waals surface area contributed by atoms with E-state index >= 15 is 0 Å². The van der Waals surface area contributed by atoms with E-state index in [0.29, 0.717) is 0 Å². The summed E-state index contributed by atoms with van der Waals surface area (Å²) in [6.07, 6.45) is -1.87. The number of rotatable bonds is 7. The first-order valence-corrected chi connectivity index (χ1v) is 7.68. The van der Waals surface area contributed by atoms with Gasteiger partial charge in [0.25, 0.3) is 12.1 Å². The highest BCUT2D eigenvalue weighted by Gasteiger charge is 2.24. The number of aliphatic hydroxyl groups excluding tert-OH is 1. The van der Waals surface area contributed by atoms with Crippen molar-refractivity contribution in [2.75, 3.05) is 30.9 Å². The van der Waals surface area contributed by atoms with Crippen molar-refractivity contribution in [3.05, 3.63) is 28.3 Å². The summed E-state index contributed by atoms with van der Waals surface area (Å²) in [5.74, 6) is 0. The lowest BCUT2D eigenvalue weighted by atomic mass is 10.2. The summed E-state index contributed by atoms with van der Waals surface area (Å²) in [5, 5.41) is 19.9. The molecule has 118 valence electrons. The van der Waals surface area contributed by atoms with Crippen LogP contribution in [-0.4, -0.2) is 50.8 Å². The molecule has 0 atom stereocenters. The highest BCUT2D eigenvalue weighted by Crippen LogP contribution is 2.31. The molecule has 10 heteroatoms. The van der Waals surface area contributed by atoms with Gasteiger partial charge in [-0.2, -0.15) is 0 Å². The molecule has 0 fully saturated rings. The number of hydrogen-bond donors (Lipinski definition) is 1. The van der Waals surface area contributed by atoms with E-state index in [4.69, 9.17) is 5.11 Å². The molecule has 0 unspecified atom stereocenters. The van der Waals surface area contributed by atoms with E-state index < -0.39 is 40.0 Å². The molecule has 0 bridgehead atoms. The summed E-state index contributed by atoms with van der Waals surface area (Å²) >= 11 is 0. The van der Waals surface area contributed by atoms with Crippen molar-refractivity contribution < 1.29 is 27.2 Å². The molecule has 0 saturated carbocycles. The van der Waals surface area contributed by atoms with Crippen molar-refractivity contribution in [2.45, 2.75) is 11.3 Å². The lowest BCUT2D eigenvalue weighted by Crippen LogP contribution is -2.32. The van der Waals surface area contributed by atoms with Gasteiger partial charge in [0.15, 0.2) is 9.84 Å². The standard InChI is InChI=1S/C11H14F2N2O5S/c1-21(19,20)8-2-3-9(10(6-8)15(17)18)14(4-5-16)7-11(12)13/h2-3,6,11,16H,4-5,7H2,1H3. The lowest BCUT2D eigenvalue weighted by molar-refractivity contribution is -0.384. The summed E-state index contributed by atoms with van der Waals surface area (Å²) in [4.78, 5) is 10.8. The van der Waals surface area contributed by atoms with Crippen LogP contribution < -0.4 is 4.90 Å². The second-order valence-corrected chi connectivity index (χ2v) is 6.26. The summed E-state index contributed by atoms with van der Waals surface area (Å²) in [5.41, 5.74) is -0.770. The Hall–Kier alpha value is -1.81. The van der Waals surface area contributed by atoms with Gasteiger partial charge in [0.05, 0.1) is 23.0 Å². The third-order valence-corrected chi connectivity index (χ3v) is 3.75. The zero-order chi connectivity index (χ0) is 16.2. The molecular weight excluding hydrogens is 310 g/mol. The van der Waals surface area contributed by atoms with Gasteiger partial charge in [0.1, 0.15) is 5.69 Å². The molecule has 0 aliphatic rings. The third-order valence-electron chi connectivity index (χ3n) is 2.64. The molecule has 0 saturated heterocycles. The minimum Gasteiger partial charge on any atom is -0.395 e. The van der Waals surface area contributed by atoms with Crippen molar-refractivity contribution in [1.29, 1.82) is 0 Å². The molecule has 0 heterocycles. The number of alkyl halides is 2. The average molecular weight is 324 g/mol. The van der Waals surface area contributed by atoms with E-state index in [9.17, 15) is 27.3 Å². The molecule has 1 aromatic rings. The predicted molar refractivity (Wildman–Crippen MR) is 71.5 cm³/mol. The Labute approximate surface area is 119 Å². The molecule has 0 amide bonds. The molecule has 0 aliphatic heterocycles. The first-order valence-electron chi connectivity index (χ1n) is 5.79. The fraction of sp³-hybridized carbons (Fsp3) is 0.455. The topological polar surface area (TPSA) is 101 Å². The van der Waals surface area contributed by atoms with Crippen LogP contribution in [0.2, 0.25) is 0 Å². The number of nitro groups is 1. The van der Waals surface area contributed by atoms with Crippen LogP contribution in [0, 0.1) is 10.1 Å². The molecule has 0 aliphatic carbocycles. The van der Waals surface area contributed by atoms with Crippen molar-refractivity contribution in [3.8, 4) is 0 Å². The van der Waals surface area contributed by atoms with E-state index in [-0.39, 0.29) is 17.1 Å². The fourth-order valence-electron chi connectivity index (χ4n) is 1.74. The predicted octanol–water partition coefficient (Wildman–Crippen LogP) is 1.06. The van der Waals surface area contributed by atoms with Crippen LogP contribution >= 0.6 is 0 Å². The second kappa shape index (κ2) is 6.76. The Morgan fingerprint density at radius 1 is 1.43 bits per heavy atom. The number of sulfone groups is 1. The average Bonchev–Trinajstić information content (AvgIpc) is 2.36. The molecule has 1 rings (SSSR count). The largest absolute Gasteiger partial charge is 0.395 e. The SMILES string of the molecule is CS(=O)(=O)c1ccc(N(CCO)CC(F)F)c([N+](=O)[O-])c1. The molecule has 0 aromatic heterocycles. The molecule has 1 N–H and O–H groups in total. The van der Waals surface area contributed by atoms with Crippen molar-refractivity contribution >= 4 is 21.2 Å². The number of nitro benzene ring substituents is 1. The summed E-state index contributed by atoms with van der Waals surface area (Å²) < 4.78 is 47.8. The number of anilines is 1. The molecule has 1 aromatic carbocycles. The number of hydrogen-bond acceptors (Lipinski definition) is 6. The van der Waals surface area contributed by atoms with Crippen LogP contribution in [0.4, 0.5) is 20.2 Å². The smallest absolute Gasteiger partial charge is 0.293 e. The second-order valence-electron chi connectivity index (χ2n) is 4.24. The number of aliphatic hydroxyl groups is 1. The molecule has 7 nitrogen and oxygen atoms in total. The number of halogens is 2. The Morgan fingerprint density at radius 2 is 2.05 bits per heavy atom. The van der Waals surface area contributed by atoms with Crippen LogP contribution in [0.1, 0.15) is 0 Å². The highest BCUT2D eigenvalue weighted by atomic mass is 32.2. The van der Waals surface area contributed by atoms with Crippen LogP contribution in [0.3, 0.4) is 0 Å². The van der Waals surface area contributed by atoms with E-state index in [0.717, 1.165) is 29.4 Å². The highest BCUT2D eigenvalue weighted by molar-refractivity contribution is 7.90. The van der Waals surface area contributed by atoms with E-state index in [1.807, 2.05) is 0 Å². The zero-order valence-corrected chi connectivity index (χ0v) is 11.9. The fourth-order valence-corrected chi connectivity index (χ4v) is 2.39. The Morgan fingerprint density at radius 3 is 2.48 bits per heavy atom. The quantitative estimate of drug-likeness (QED) is 0.594. The minimum absolute atomic E-state index is 0.165. The van der Waals surface area contributed by atoms with Gasteiger partial charge in [-0.1, -0.05) is 0 Å². The van der Waals surface area contributed by atoms with E-state index in [1.165, 1.54) is 0 Å². The zero-order valence-electron chi connectivity index (χ0n) is 11.1. The summed E-state index contributed by atoms with van der Waals surface area (Å²) in [7, 11) is -3.66. The Balaban J connectivity index is 3.36. The van der Waals surface area contributed by atoms with E-state index in [2.05, 4.69) is 0 Å². The number of benzene rings is 1. The van der Waals surface area contributed by atoms with Gasteiger partial charge in [0, 0.05) is 18.9 Å². The van der Waals surface area contributed by atoms with Gasteiger partial charge >= 0.3 is 0 Å². The first-order chi connectivity index (χ1) is 9.66. The maximum absolute atomic E-state index is 12.5. The van der Waals surface area contributed by atoms with Gasteiger partial charge in [-0.25, -0.2) is 17.2 Å². The lowest BCUT2D eigenvalue weighted by Gasteiger charge is -2.23. The van der Waals surface area contributed by atoms with Gasteiger partial charge in [-0.05, 0) is 12.1 Å². The molecular formula is C11H14F2N2O5S. The molecule has 0 spiro atoms. The minimum atomic E-state index is -3.66. The number of nitrogens with zero attached hydrogens (tertiary/aromatic N) is 2. The third kappa shape index (κ3) is 4.60. The van der Waals surface area contributed by atoms with Crippen molar-refractivity contribution in [3.63, 3.8) is 0 Å². The Kier molecular flexibility index (Phi) is 5.55. The van der Waals surface area contributed by atoms with Crippen LogP contribution in [0.5, 0.6) is 0 Å². The molecule has 0 radical (unpaired) electrons. The maximum atomic E-state index is 12.5. The van der Waals surface area contributed by atoms with Gasteiger partial charge in [-0.3, -0.25) is 10.1 Å². The van der Waals surface area contributed by atoms with Gasteiger partial charge in [0.2, 0.25) is 0 Å². The summed E-state index contributed by atoms with van der Waals surface area (Å²) in [6, 6.07) is 3.01. The Bertz CT molecular complexity index is 621. The van der Waals surface area contributed by atoms with Crippen molar-refractivity contribution in [2.24, 2.45) is 0 Å². The van der Waals surface area contributed by atoms with Gasteiger partial charge < -0.3 is 10.0 Å². The maximum Gasteiger partial charge on any atom is 0.293 e. The van der Waals surface area contributed by atoms with Crippen LogP contribution in [-0.2, 0) is 9.84 Å².